The van der Waals surface area contributed by atoms with E-state index in [1.165, 1.54) is 0 Å². The van der Waals surface area contributed by atoms with Crippen LogP contribution < -0.4 is 14.9 Å². The maximum atomic E-state index is 12.0. The topological polar surface area (TPSA) is 59.9 Å². The van der Waals surface area contributed by atoms with Gasteiger partial charge in [-0.2, -0.15) is 5.10 Å². The number of benzene rings is 2. The molecule has 2 rings (SSSR count). The summed E-state index contributed by atoms with van der Waals surface area (Å²) >= 11 is 0. The van der Waals surface area contributed by atoms with Gasteiger partial charge in [0.05, 0.1) is 12.8 Å². The molecule has 1 unspecified atom stereocenters. The van der Waals surface area contributed by atoms with Gasteiger partial charge in [-0.05, 0) is 62.7 Å². The molecule has 0 spiro atoms. The molecule has 126 valence electrons. The van der Waals surface area contributed by atoms with Gasteiger partial charge in [-0.1, -0.05) is 17.7 Å². The van der Waals surface area contributed by atoms with Crippen molar-refractivity contribution in [1.82, 2.24) is 5.43 Å². The number of hydrazone groups is 1. The summed E-state index contributed by atoms with van der Waals surface area (Å²) in [5.41, 5.74) is 4.48. The maximum Gasteiger partial charge on any atom is 0.280 e. The fraction of sp³-hybridized carbons (Fsp3) is 0.263. The molecule has 0 aromatic heterocycles. The second kappa shape index (κ2) is 8.72. The van der Waals surface area contributed by atoms with Crippen LogP contribution in [0.2, 0.25) is 0 Å². The predicted molar refractivity (Wildman–Crippen MR) is 94.6 cm³/mol. The van der Waals surface area contributed by atoms with E-state index < -0.39 is 6.10 Å². The Labute approximate surface area is 142 Å². The summed E-state index contributed by atoms with van der Waals surface area (Å²) in [6, 6.07) is 15.0. The third-order valence-electron chi connectivity index (χ3n) is 3.28. The molecule has 1 N–H and O–H groups in total. The molecule has 5 heteroatoms. The highest BCUT2D eigenvalue weighted by molar-refractivity contribution is 5.84. The zero-order valence-electron chi connectivity index (χ0n) is 14.2. The number of carbonyl (C=O) groups is 1. The average molecular weight is 326 g/mol. The third kappa shape index (κ3) is 5.43. The molecule has 24 heavy (non-hydrogen) atoms. The van der Waals surface area contributed by atoms with Crippen LogP contribution in [0.25, 0.3) is 0 Å². The fourth-order valence-corrected chi connectivity index (χ4v) is 1.95. The largest absolute Gasteiger partial charge is 0.494 e. The smallest absolute Gasteiger partial charge is 0.280 e. The number of hydrogen-bond acceptors (Lipinski definition) is 4. The lowest BCUT2D eigenvalue weighted by Crippen LogP contribution is -2.33. The van der Waals surface area contributed by atoms with E-state index in [0.29, 0.717) is 12.4 Å². The van der Waals surface area contributed by atoms with E-state index in [1.807, 2.05) is 62.4 Å². The van der Waals surface area contributed by atoms with Gasteiger partial charge < -0.3 is 9.47 Å². The lowest BCUT2D eigenvalue weighted by atomic mass is 10.2. The summed E-state index contributed by atoms with van der Waals surface area (Å²) in [7, 11) is 0. The van der Waals surface area contributed by atoms with E-state index in [0.717, 1.165) is 16.9 Å². The summed E-state index contributed by atoms with van der Waals surface area (Å²) in [5, 5.41) is 3.95. The molecule has 0 heterocycles. The molecule has 2 aromatic carbocycles. The number of carbonyl (C=O) groups excluding carboxylic acids is 1. The average Bonchev–Trinajstić information content (AvgIpc) is 2.58. The second-order valence-electron chi connectivity index (χ2n) is 5.31. The van der Waals surface area contributed by atoms with Gasteiger partial charge in [0, 0.05) is 0 Å². The normalized spacial score (nSPS) is 12.0. The van der Waals surface area contributed by atoms with Crippen molar-refractivity contribution in [2.75, 3.05) is 6.61 Å². The van der Waals surface area contributed by atoms with E-state index >= 15 is 0 Å². The Hall–Kier alpha value is -2.82. The number of nitrogens with zero attached hydrogens (tertiary/aromatic N) is 1. The van der Waals surface area contributed by atoms with Crippen LogP contribution in [0.1, 0.15) is 25.0 Å². The van der Waals surface area contributed by atoms with Crippen LogP contribution in [0.5, 0.6) is 11.5 Å². The first-order valence-corrected chi connectivity index (χ1v) is 7.87. The highest BCUT2D eigenvalue weighted by atomic mass is 16.5. The lowest BCUT2D eigenvalue weighted by Gasteiger charge is -2.12. The first-order valence-electron chi connectivity index (χ1n) is 7.87. The van der Waals surface area contributed by atoms with Crippen LogP contribution in [0.3, 0.4) is 0 Å². The maximum absolute atomic E-state index is 12.0. The molecule has 0 bridgehead atoms. The first kappa shape index (κ1) is 17.5. The molecule has 0 radical (unpaired) electrons. The van der Waals surface area contributed by atoms with Crippen molar-refractivity contribution in [3.05, 3.63) is 59.7 Å². The van der Waals surface area contributed by atoms with Crippen LogP contribution in [0, 0.1) is 6.92 Å². The van der Waals surface area contributed by atoms with Crippen molar-refractivity contribution in [3.8, 4) is 11.5 Å². The van der Waals surface area contributed by atoms with Crippen LogP contribution in [-0.2, 0) is 4.79 Å². The fourth-order valence-electron chi connectivity index (χ4n) is 1.95. The Morgan fingerprint density at radius 3 is 2.38 bits per heavy atom. The van der Waals surface area contributed by atoms with Gasteiger partial charge in [-0.15, -0.1) is 0 Å². The molecule has 0 aliphatic rings. The van der Waals surface area contributed by atoms with Gasteiger partial charge in [0.15, 0.2) is 6.10 Å². The zero-order chi connectivity index (χ0) is 17.4. The van der Waals surface area contributed by atoms with Gasteiger partial charge >= 0.3 is 0 Å². The van der Waals surface area contributed by atoms with Crippen LogP contribution in [0.4, 0.5) is 0 Å². The van der Waals surface area contributed by atoms with Gasteiger partial charge in [-0.25, -0.2) is 5.43 Å². The summed E-state index contributed by atoms with van der Waals surface area (Å²) < 4.78 is 10.9. The van der Waals surface area contributed by atoms with Crippen molar-refractivity contribution >= 4 is 12.1 Å². The zero-order valence-corrected chi connectivity index (χ0v) is 14.2. The molecule has 2 aromatic rings. The molecular weight excluding hydrogens is 304 g/mol. The minimum absolute atomic E-state index is 0.308. The molecule has 5 nitrogen and oxygen atoms in total. The third-order valence-corrected chi connectivity index (χ3v) is 3.28. The monoisotopic (exact) mass is 326 g/mol. The summed E-state index contributed by atoms with van der Waals surface area (Å²) in [4.78, 5) is 12.0. The van der Waals surface area contributed by atoms with E-state index in [2.05, 4.69) is 10.5 Å². The number of aryl methyl sites for hydroxylation is 1. The number of hydrogen-bond donors (Lipinski definition) is 1. The predicted octanol–water partition coefficient (Wildman–Crippen LogP) is 3.31. The molecule has 0 fully saturated rings. The molecular formula is C19H22N2O3. The van der Waals surface area contributed by atoms with Crippen LogP contribution in [0.15, 0.2) is 53.6 Å². The molecule has 0 saturated heterocycles. The van der Waals surface area contributed by atoms with Crippen LogP contribution in [-0.4, -0.2) is 24.8 Å². The van der Waals surface area contributed by atoms with Crippen molar-refractivity contribution < 1.29 is 14.3 Å². The Morgan fingerprint density at radius 2 is 1.75 bits per heavy atom. The summed E-state index contributed by atoms with van der Waals surface area (Å²) in [5.74, 6) is 1.15. The molecule has 1 atom stereocenters. The number of rotatable bonds is 7. The minimum Gasteiger partial charge on any atom is -0.494 e. The number of ether oxygens (including phenoxy) is 2. The highest BCUT2D eigenvalue weighted by Crippen LogP contribution is 2.13. The van der Waals surface area contributed by atoms with Gasteiger partial charge in [0.1, 0.15) is 11.5 Å². The Bertz CT molecular complexity index is 679. The summed E-state index contributed by atoms with van der Waals surface area (Å²) in [6.07, 6.45) is 0.942. The second-order valence-corrected chi connectivity index (χ2v) is 5.31. The van der Waals surface area contributed by atoms with Crippen LogP contribution >= 0.6 is 0 Å². The molecule has 0 saturated carbocycles. The van der Waals surface area contributed by atoms with E-state index in [-0.39, 0.29) is 5.91 Å². The Balaban J connectivity index is 1.83. The van der Waals surface area contributed by atoms with Gasteiger partial charge in [0.25, 0.3) is 5.91 Å². The van der Waals surface area contributed by atoms with E-state index in [4.69, 9.17) is 9.47 Å². The van der Waals surface area contributed by atoms with Gasteiger partial charge in [0.2, 0.25) is 0 Å². The minimum atomic E-state index is -0.634. The molecule has 0 aliphatic heterocycles. The van der Waals surface area contributed by atoms with E-state index in [9.17, 15) is 4.79 Å². The summed E-state index contributed by atoms with van der Waals surface area (Å²) in [6.45, 7) is 6.24. The highest BCUT2D eigenvalue weighted by Gasteiger charge is 2.13. The number of amides is 1. The Morgan fingerprint density at radius 1 is 1.12 bits per heavy atom. The van der Waals surface area contributed by atoms with Crippen molar-refractivity contribution in [2.45, 2.75) is 26.9 Å². The number of nitrogens with one attached hydrogen (secondary N) is 1. The van der Waals surface area contributed by atoms with Crippen molar-refractivity contribution in [1.29, 1.82) is 0 Å². The molecule has 1 amide bonds. The first-order chi connectivity index (χ1) is 11.6. The SMILES string of the molecule is CCOc1ccc(C=NNC(=O)C(C)Oc2ccc(C)cc2)cc1. The lowest BCUT2D eigenvalue weighted by molar-refractivity contribution is -0.127. The molecule has 0 aliphatic carbocycles. The van der Waals surface area contributed by atoms with Crippen molar-refractivity contribution in [2.24, 2.45) is 5.10 Å². The van der Waals surface area contributed by atoms with Crippen molar-refractivity contribution in [3.63, 3.8) is 0 Å². The standard InChI is InChI=1S/C19H22N2O3/c1-4-23-17-11-7-16(8-12-17)13-20-21-19(22)15(3)24-18-9-5-14(2)6-10-18/h5-13,15H,4H2,1-3H3,(H,21,22). The van der Waals surface area contributed by atoms with Gasteiger partial charge in [-0.3, -0.25) is 4.79 Å². The van der Waals surface area contributed by atoms with E-state index in [1.54, 1.807) is 13.1 Å². The quantitative estimate of drug-likeness (QED) is 0.627. The Kier molecular flexibility index (Phi) is 6.37.